The largest absolute Gasteiger partial charge is 0.346 e. The lowest BCUT2D eigenvalue weighted by Crippen LogP contribution is -2.63. The Kier molecular flexibility index (Phi) is 5.29. The summed E-state index contributed by atoms with van der Waals surface area (Å²) in [5.41, 5.74) is 1.48. The number of H-pyrrole nitrogens is 1. The van der Waals surface area contributed by atoms with Gasteiger partial charge >= 0.3 is 0 Å². The van der Waals surface area contributed by atoms with E-state index in [1.807, 2.05) is 17.6 Å². The lowest BCUT2D eigenvalue weighted by molar-refractivity contribution is 0.0352. The summed E-state index contributed by atoms with van der Waals surface area (Å²) in [7, 11) is 2.20. The van der Waals surface area contributed by atoms with Crippen LogP contribution in [0.4, 0.5) is 0 Å². The van der Waals surface area contributed by atoms with Gasteiger partial charge in [-0.05, 0) is 45.3 Å². The van der Waals surface area contributed by atoms with Crippen LogP contribution in [-0.4, -0.2) is 69.2 Å². The number of rotatable bonds is 5. The van der Waals surface area contributed by atoms with Crippen LogP contribution in [0.2, 0.25) is 0 Å². The lowest BCUT2D eigenvalue weighted by Gasteiger charge is -2.47. The molecule has 2 aromatic heterocycles. The number of piperidine rings is 1. The molecule has 2 fully saturated rings. The first kappa shape index (κ1) is 18.6. The molecular formula is C19H28N6OS. The van der Waals surface area contributed by atoms with Gasteiger partial charge in [-0.25, -0.2) is 4.98 Å². The van der Waals surface area contributed by atoms with Crippen LogP contribution in [0.3, 0.4) is 0 Å². The van der Waals surface area contributed by atoms with Gasteiger partial charge in [0.25, 0.3) is 5.91 Å². The van der Waals surface area contributed by atoms with Gasteiger partial charge in [0.05, 0.1) is 18.1 Å². The number of thiazole rings is 1. The number of hydrogen-bond acceptors (Lipinski definition) is 6. The molecule has 146 valence electrons. The summed E-state index contributed by atoms with van der Waals surface area (Å²) in [6.07, 6.45) is 5.97. The van der Waals surface area contributed by atoms with Gasteiger partial charge in [0.1, 0.15) is 10.7 Å². The molecule has 0 bridgehead atoms. The number of aryl methyl sites for hydroxylation is 1. The second kappa shape index (κ2) is 7.69. The number of amides is 1. The molecule has 0 saturated carbocycles. The van der Waals surface area contributed by atoms with Crippen molar-refractivity contribution in [3.05, 3.63) is 34.0 Å². The van der Waals surface area contributed by atoms with Crippen LogP contribution in [0.25, 0.3) is 0 Å². The standard InChI is InChI=1S/C19H28N6OS/c1-3-14-11-15(23-22-14)18(26)21-16-5-9-24(2)19(16)6-4-8-25(13-19)12-17-20-7-10-27-17/h7,10-11,16H,3-6,8-9,12-13H2,1-2H3,(H,21,26)(H,22,23). The molecular weight excluding hydrogens is 360 g/mol. The van der Waals surface area contributed by atoms with E-state index in [2.05, 4.69) is 44.3 Å². The molecule has 2 aliphatic rings. The minimum absolute atomic E-state index is 0.00490. The van der Waals surface area contributed by atoms with Crippen LogP contribution in [-0.2, 0) is 13.0 Å². The van der Waals surface area contributed by atoms with Gasteiger partial charge in [-0.2, -0.15) is 5.10 Å². The van der Waals surface area contributed by atoms with Crippen molar-refractivity contribution in [1.82, 2.24) is 30.3 Å². The molecule has 2 atom stereocenters. The Hall–Kier alpha value is -1.77. The molecule has 1 spiro atoms. The summed E-state index contributed by atoms with van der Waals surface area (Å²) in [5.74, 6) is -0.0670. The van der Waals surface area contributed by atoms with Crippen LogP contribution >= 0.6 is 11.3 Å². The maximum absolute atomic E-state index is 12.8. The molecule has 0 aliphatic carbocycles. The molecule has 0 aromatic carbocycles. The second-order valence-electron chi connectivity index (χ2n) is 7.71. The van der Waals surface area contributed by atoms with E-state index in [1.165, 1.54) is 0 Å². The molecule has 0 radical (unpaired) electrons. The predicted molar refractivity (Wildman–Crippen MR) is 106 cm³/mol. The zero-order valence-electron chi connectivity index (χ0n) is 16.1. The number of likely N-dealkylation sites (N-methyl/N-ethyl adjacent to an activating group) is 1. The summed E-state index contributed by atoms with van der Waals surface area (Å²) in [6, 6.07) is 2.01. The van der Waals surface area contributed by atoms with Crippen LogP contribution in [0.15, 0.2) is 17.6 Å². The Balaban J connectivity index is 1.48. The van der Waals surface area contributed by atoms with E-state index in [0.29, 0.717) is 5.69 Å². The van der Waals surface area contributed by atoms with Gasteiger partial charge in [-0.1, -0.05) is 6.92 Å². The van der Waals surface area contributed by atoms with Crippen LogP contribution < -0.4 is 5.32 Å². The molecule has 7 nitrogen and oxygen atoms in total. The fraction of sp³-hybridized carbons (Fsp3) is 0.632. The van der Waals surface area contributed by atoms with Gasteiger partial charge < -0.3 is 5.32 Å². The third-order valence-corrected chi connectivity index (χ3v) is 6.90. The number of aromatic nitrogens is 3. The molecule has 2 aromatic rings. The predicted octanol–water partition coefficient (Wildman–Crippen LogP) is 1.90. The third-order valence-electron chi connectivity index (χ3n) is 6.14. The van der Waals surface area contributed by atoms with Crippen molar-refractivity contribution in [2.24, 2.45) is 0 Å². The van der Waals surface area contributed by atoms with Gasteiger partial charge in [0.2, 0.25) is 0 Å². The topological polar surface area (TPSA) is 77.2 Å². The molecule has 2 aliphatic heterocycles. The highest BCUT2D eigenvalue weighted by Gasteiger charge is 2.49. The monoisotopic (exact) mass is 388 g/mol. The summed E-state index contributed by atoms with van der Waals surface area (Å²) >= 11 is 1.71. The van der Waals surface area contributed by atoms with E-state index in [0.717, 1.165) is 62.6 Å². The minimum Gasteiger partial charge on any atom is -0.346 e. The number of likely N-dealkylation sites (tertiary alicyclic amines) is 2. The highest BCUT2D eigenvalue weighted by molar-refractivity contribution is 7.09. The van der Waals surface area contributed by atoms with Crippen molar-refractivity contribution >= 4 is 17.2 Å². The van der Waals surface area contributed by atoms with E-state index in [4.69, 9.17) is 0 Å². The lowest BCUT2D eigenvalue weighted by atomic mass is 9.82. The van der Waals surface area contributed by atoms with Gasteiger partial charge in [0, 0.05) is 30.4 Å². The third kappa shape index (κ3) is 3.66. The fourth-order valence-corrected chi connectivity index (χ4v) is 5.24. The van der Waals surface area contributed by atoms with Crippen molar-refractivity contribution < 1.29 is 4.79 Å². The quantitative estimate of drug-likeness (QED) is 0.818. The number of carbonyl (C=O) groups excluding carboxylic acids is 1. The molecule has 2 N–H and O–H groups in total. The highest BCUT2D eigenvalue weighted by atomic mass is 32.1. The zero-order chi connectivity index (χ0) is 18.9. The number of hydrogen-bond donors (Lipinski definition) is 2. The summed E-state index contributed by atoms with van der Waals surface area (Å²) in [5, 5.41) is 13.6. The average molecular weight is 389 g/mol. The summed E-state index contributed by atoms with van der Waals surface area (Å²) in [4.78, 5) is 22.2. The Bertz CT molecular complexity index is 775. The zero-order valence-corrected chi connectivity index (χ0v) is 16.9. The van der Waals surface area contributed by atoms with Crippen LogP contribution in [0, 0.1) is 0 Å². The SMILES string of the molecule is CCc1cc(C(=O)NC2CCN(C)C23CCCN(Cc2nccs2)C3)n[nH]1. The van der Waals surface area contributed by atoms with E-state index in [9.17, 15) is 4.79 Å². The minimum atomic E-state index is -0.0670. The summed E-state index contributed by atoms with van der Waals surface area (Å²) in [6.45, 7) is 6.02. The Morgan fingerprint density at radius 1 is 1.48 bits per heavy atom. The maximum atomic E-state index is 12.8. The van der Waals surface area contributed by atoms with Crippen LogP contribution in [0.5, 0.6) is 0 Å². The van der Waals surface area contributed by atoms with Gasteiger partial charge in [-0.3, -0.25) is 19.7 Å². The first-order valence-corrected chi connectivity index (χ1v) is 10.7. The first-order valence-electron chi connectivity index (χ1n) is 9.78. The van der Waals surface area contributed by atoms with Crippen LogP contribution in [0.1, 0.15) is 47.4 Å². The molecule has 4 heterocycles. The summed E-state index contributed by atoms with van der Waals surface area (Å²) < 4.78 is 0. The van der Waals surface area contributed by atoms with E-state index < -0.39 is 0 Å². The number of nitrogens with one attached hydrogen (secondary N) is 2. The normalized spacial score (nSPS) is 26.7. The Morgan fingerprint density at radius 3 is 3.11 bits per heavy atom. The number of aromatic amines is 1. The fourth-order valence-electron chi connectivity index (χ4n) is 4.59. The van der Waals surface area contributed by atoms with Gasteiger partial charge in [-0.15, -0.1) is 11.3 Å². The Labute approximate surface area is 164 Å². The van der Waals surface area contributed by atoms with E-state index in [-0.39, 0.29) is 17.5 Å². The van der Waals surface area contributed by atoms with E-state index in [1.54, 1.807) is 11.3 Å². The second-order valence-corrected chi connectivity index (χ2v) is 8.69. The van der Waals surface area contributed by atoms with Crippen molar-refractivity contribution in [3.8, 4) is 0 Å². The molecule has 4 rings (SSSR count). The average Bonchev–Trinajstić information content (AvgIpc) is 3.40. The first-order chi connectivity index (χ1) is 13.1. The number of carbonyl (C=O) groups is 1. The van der Waals surface area contributed by atoms with E-state index >= 15 is 0 Å². The van der Waals surface area contributed by atoms with Crippen molar-refractivity contribution in [1.29, 1.82) is 0 Å². The smallest absolute Gasteiger partial charge is 0.272 e. The van der Waals surface area contributed by atoms with Crippen molar-refractivity contribution in [2.45, 2.75) is 50.7 Å². The molecule has 2 saturated heterocycles. The highest BCUT2D eigenvalue weighted by Crippen LogP contribution is 2.37. The maximum Gasteiger partial charge on any atom is 0.272 e. The molecule has 27 heavy (non-hydrogen) atoms. The molecule has 2 unspecified atom stereocenters. The van der Waals surface area contributed by atoms with Crippen molar-refractivity contribution in [2.75, 3.05) is 26.7 Å². The van der Waals surface area contributed by atoms with Crippen molar-refractivity contribution in [3.63, 3.8) is 0 Å². The molecule has 1 amide bonds. The molecule has 8 heteroatoms. The van der Waals surface area contributed by atoms with Gasteiger partial charge in [0.15, 0.2) is 0 Å². The Morgan fingerprint density at radius 2 is 2.37 bits per heavy atom. The number of nitrogens with zero attached hydrogens (tertiary/aromatic N) is 4.